The van der Waals surface area contributed by atoms with Gasteiger partial charge < -0.3 is 14.4 Å². The first-order valence-corrected chi connectivity index (χ1v) is 14.6. The van der Waals surface area contributed by atoms with Crippen LogP contribution < -0.4 is 9.79 Å². The zero-order valence-electron chi connectivity index (χ0n) is 19.8. The lowest BCUT2D eigenvalue weighted by atomic mass is 10.0. The highest BCUT2D eigenvalue weighted by Gasteiger charge is 2.12. The van der Waals surface area contributed by atoms with Crippen LogP contribution in [0.2, 0.25) is 0 Å². The number of hydrogen-bond donors (Lipinski definition) is 0. The van der Waals surface area contributed by atoms with Crippen molar-refractivity contribution < 1.29 is 14.4 Å². The Balaban J connectivity index is 3.62. The van der Waals surface area contributed by atoms with Gasteiger partial charge in [0.1, 0.15) is 0 Å². The average Bonchev–Trinajstić information content (AvgIpc) is 2.68. The first-order valence-electron chi connectivity index (χ1n) is 13.0. The third-order valence-electron chi connectivity index (χ3n) is 6.23. The molecule has 0 aromatic carbocycles. The van der Waals surface area contributed by atoms with Crippen molar-refractivity contribution >= 4 is 7.60 Å². The molecule has 0 heterocycles. The molecular formula is C25H51O3P-2. The van der Waals surface area contributed by atoms with Crippen molar-refractivity contribution in [2.24, 2.45) is 0 Å². The molecule has 0 aliphatic rings. The highest BCUT2D eigenvalue weighted by molar-refractivity contribution is 7.49. The van der Waals surface area contributed by atoms with Gasteiger partial charge in [-0.3, -0.25) is 0 Å². The first-order chi connectivity index (χ1) is 14.0. The van der Waals surface area contributed by atoms with E-state index in [1.54, 1.807) is 0 Å². The molecule has 4 heteroatoms. The molecule has 0 aromatic heterocycles. The van der Waals surface area contributed by atoms with Gasteiger partial charge in [0.25, 0.3) is 0 Å². The quantitative estimate of drug-likeness (QED) is 0.122. The van der Waals surface area contributed by atoms with Crippen molar-refractivity contribution in [3.05, 3.63) is 0 Å². The third-order valence-corrected chi connectivity index (χ3v) is 7.64. The molecule has 0 saturated heterocycles. The summed E-state index contributed by atoms with van der Waals surface area (Å²) < 4.78 is 11.6. The van der Waals surface area contributed by atoms with Crippen molar-refractivity contribution in [3.8, 4) is 0 Å². The van der Waals surface area contributed by atoms with E-state index < -0.39 is 13.3 Å². The smallest absolute Gasteiger partial charge is 0.0134 e. The maximum Gasteiger partial charge on any atom is -0.0134 e. The van der Waals surface area contributed by atoms with Crippen LogP contribution in [0.3, 0.4) is 0 Å². The number of hydrogen-bond acceptors (Lipinski definition) is 3. The lowest BCUT2D eigenvalue weighted by Gasteiger charge is -2.38. The molecular weight excluding hydrogens is 379 g/mol. The lowest BCUT2D eigenvalue weighted by molar-refractivity contribution is -0.317. The van der Waals surface area contributed by atoms with Gasteiger partial charge in [-0.1, -0.05) is 150 Å². The molecule has 0 N–H and O–H groups in total. The van der Waals surface area contributed by atoms with Gasteiger partial charge in [-0.15, -0.1) is 0 Å². The van der Waals surface area contributed by atoms with Crippen molar-refractivity contribution in [2.75, 3.05) is 0 Å². The summed E-state index contributed by atoms with van der Waals surface area (Å²) >= 11 is 0. The Morgan fingerprint density at radius 1 is 0.483 bits per heavy atom. The van der Waals surface area contributed by atoms with E-state index in [9.17, 15) is 14.4 Å². The van der Waals surface area contributed by atoms with Crippen molar-refractivity contribution in [1.29, 1.82) is 0 Å². The standard InChI is InChI=1S/C25H53O3P/c1-3-5-7-9-11-13-15-17-19-21-23-25(29(26,27)28)24-22-20-18-16-14-12-10-8-6-4-2/h25H,3-24H2,1-2H3,(H2,26,27,28)/p-2. The van der Waals surface area contributed by atoms with Crippen LogP contribution in [-0.4, -0.2) is 5.66 Å². The summed E-state index contributed by atoms with van der Waals surface area (Å²) in [6.07, 6.45) is 25.9. The molecule has 0 spiro atoms. The molecule has 0 saturated carbocycles. The van der Waals surface area contributed by atoms with Crippen molar-refractivity contribution in [3.63, 3.8) is 0 Å². The molecule has 0 aromatic rings. The van der Waals surface area contributed by atoms with Crippen LogP contribution in [0.1, 0.15) is 155 Å². The van der Waals surface area contributed by atoms with Crippen LogP contribution in [-0.2, 0) is 4.57 Å². The van der Waals surface area contributed by atoms with E-state index in [0.717, 1.165) is 25.7 Å². The van der Waals surface area contributed by atoms with Crippen LogP contribution >= 0.6 is 7.60 Å². The molecule has 0 aliphatic heterocycles. The predicted molar refractivity (Wildman–Crippen MR) is 124 cm³/mol. The third kappa shape index (κ3) is 21.2. The predicted octanol–water partition coefficient (Wildman–Crippen LogP) is 7.89. The lowest BCUT2D eigenvalue weighted by Crippen LogP contribution is -2.26. The minimum Gasteiger partial charge on any atom is -0.811 e. The fraction of sp³-hybridized carbons (Fsp3) is 1.00. The SMILES string of the molecule is CCCCCCCCCCCCC(CCCCCCCCCCCC)P(=O)([O-])[O-]. The maximum absolute atomic E-state index is 11.6. The minimum absolute atomic E-state index is 0.582. The highest BCUT2D eigenvalue weighted by Crippen LogP contribution is 2.38. The monoisotopic (exact) mass is 430 g/mol. The van der Waals surface area contributed by atoms with Crippen LogP contribution in [0.4, 0.5) is 0 Å². The second kappa shape index (κ2) is 21.4. The summed E-state index contributed by atoms with van der Waals surface area (Å²) in [6.45, 7) is 4.48. The molecule has 0 aliphatic carbocycles. The Bertz CT molecular complexity index is 343. The van der Waals surface area contributed by atoms with E-state index in [-0.39, 0.29) is 0 Å². The van der Waals surface area contributed by atoms with Crippen LogP contribution in [0, 0.1) is 0 Å². The van der Waals surface area contributed by atoms with E-state index >= 15 is 0 Å². The molecule has 0 unspecified atom stereocenters. The molecule has 0 bridgehead atoms. The van der Waals surface area contributed by atoms with Gasteiger partial charge in [0, 0.05) is 0 Å². The molecule has 0 fully saturated rings. The summed E-state index contributed by atoms with van der Waals surface area (Å²) in [5.41, 5.74) is -0.620. The summed E-state index contributed by atoms with van der Waals surface area (Å²) in [7, 11) is -4.43. The van der Waals surface area contributed by atoms with Crippen molar-refractivity contribution in [1.82, 2.24) is 0 Å². The summed E-state index contributed by atoms with van der Waals surface area (Å²) in [4.78, 5) is 23.2. The van der Waals surface area contributed by atoms with E-state index in [4.69, 9.17) is 0 Å². The maximum atomic E-state index is 11.6. The second-order valence-electron chi connectivity index (χ2n) is 9.13. The van der Waals surface area contributed by atoms with E-state index in [1.165, 1.54) is 103 Å². The number of rotatable bonds is 23. The van der Waals surface area contributed by atoms with E-state index in [2.05, 4.69) is 13.8 Å². The van der Waals surface area contributed by atoms with Gasteiger partial charge in [-0.2, -0.15) is 0 Å². The zero-order chi connectivity index (χ0) is 21.6. The molecule has 3 nitrogen and oxygen atoms in total. The van der Waals surface area contributed by atoms with E-state index in [1.807, 2.05) is 0 Å². The second-order valence-corrected chi connectivity index (χ2v) is 10.9. The molecule has 0 radical (unpaired) electrons. The van der Waals surface area contributed by atoms with Crippen molar-refractivity contribution in [2.45, 2.75) is 161 Å². The van der Waals surface area contributed by atoms with E-state index in [0.29, 0.717) is 12.8 Å². The Labute approximate surface area is 183 Å². The Hall–Kier alpha value is 0.150. The zero-order valence-corrected chi connectivity index (χ0v) is 20.7. The fourth-order valence-corrected chi connectivity index (χ4v) is 5.19. The molecule has 0 atom stereocenters. The van der Waals surface area contributed by atoms with Gasteiger partial charge in [0.2, 0.25) is 0 Å². The molecule has 0 amide bonds. The van der Waals surface area contributed by atoms with Crippen LogP contribution in [0.15, 0.2) is 0 Å². The largest absolute Gasteiger partial charge is 0.811 e. The highest BCUT2D eigenvalue weighted by atomic mass is 31.2. The summed E-state index contributed by atoms with van der Waals surface area (Å²) in [5, 5.41) is 0. The first kappa shape index (κ1) is 29.1. The fourth-order valence-electron chi connectivity index (χ4n) is 4.20. The van der Waals surface area contributed by atoms with Gasteiger partial charge in [-0.05, 0) is 18.5 Å². The molecule has 176 valence electrons. The summed E-state index contributed by atoms with van der Waals surface area (Å²) in [5.74, 6) is 0. The van der Waals surface area contributed by atoms with Gasteiger partial charge >= 0.3 is 0 Å². The normalized spacial score (nSPS) is 12.2. The molecule has 0 rings (SSSR count). The molecule has 29 heavy (non-hydrogen) atoms. The Morgan fingerprint density at radius 2 is 0.724 bits per heavy atom. The number of unbranched alkanes of at least 4 members (excludes halogenated alkanes) is 18. The van der Waals surface area contributed by atoms with Crippen LogP contribution in [0.5, 0.6) is 0 Å². The average molecular weight is 431 g/mol. The topological polar surface area (TPSA) is 63.2 Å². The minimum atomic E-state index is -4.43. The Morgan fingerprint density at radius 3 is 0.966 bits per heavy atom. The van der Waals surface area contributed by atoms with Crippen LogP contribution in [0.25, 0.3) is 0 Å². The van der Waals surface area contributed by atoms with Gasteiger partial charge in [-0.25, -0.2) is 0 Å². The van der Waals surface area contributed by atoms with Gasteiger partial charge in [0.05, 0.1) is 0 Å². The summed E-state index contributed by atoms with van der Waals surface area (Å²) in [6, 6.07) is 0. The van der Waals surface area contributed by atoms with Gasteiger partial charge in [0.15, 0.2) is 0 Å². The Kier molecular flexibility index (Phi) is 21.5.